The van der Waals surface area contributed by atoms with Gasteiger partial charge in [-0.05, 0) is 37.8 Å². The highest BCUT2D eigenvalue weighted by molar-refractivity contribution is 5.96. The van der Waals surface area contributed by atoms with Crippen molar-refractivity contribution in [1.82, 2.24) is 4.90 Å². The normalized spacial score (nSPS) is 17.9. The lowest BCUT2D eigenvalue weighted by Crippen LogP contribution is -2.45. The van der Waals surface area contributed by atoms with Crippen molar-refractivity contribution < 1.29 is 14.3 Å². The number of piperidine rings is 1. The molecular formula is C17H24N2O3. The van der Waals surface area contributed by atoms with Crippen LogP contribution in [0.25, 0.3) is 0 Å². The average molecular weight is 304 g/mol. The molecule has 0 aliphatic carbocycles. The molecule has 0 radical (unpaired) electrons. The molecule has 1 aromatic carbocycles. The minimum atomic E-state index is -0.403. The Hall–Kier alpha value is -2.04. The molecule has 0 bridgehead atoms. The van der Waals surface area contributed by atoms with Crippen molar-refractivity contribution in [2.75, 3.05) is 25.5 Å². The lowest BCUT2D eigenvalue weighted by molar-refractivity contribution is -0.133. The number of ether oxygens (including phenoxy) is 1. The summed E-state index contributed by atoms with van der Waals surface area (Å²) in [5.41, 5.74) is 1.08. The summed E-state index contributed by atoms with van der Waals surface area (Å²) in [6, 6.07) is 7.42. The van der Waals surface area contributed by atoms with Crippen LogP contribution in [0.3, 0.4) is 0 Å². The summed E-state index contributed by atoms with van der Waals surface area (Å²) in [7, 11) is 1.35. The number of anilines is 1. The molecule has 5 heteroatoms. The number of amides is 1. The summed E-state index contributed by atoms with van der Waals surface area (Å²) in [4.78, 5) is 26.1. The first-order valence-corrected chi connectivity index (χ1v) is 7.88. The van der Waals surface area contributed by atoms with E-state index in [9.17, 15) is 9.59 Å². The first-order chi connectivity index (χ1) is 10.7. The molecule has 120 valence electrons. The number of esters is 1. The van der Waals surface area contributed by atoms with Gasteiger partial charge < -0.3 is 15.0 Å². The average Bonchev–Trinajstić information content (AvgIpc) is 2.59. The fraction of sp³-hybridized carbons (Fsp3) is 0.529. The van der Waals surface area contributed by atoms with Crippen molar-refractivity contribution in [3.05, 3.63) is 29.8 Å². The highest BCUT2D eigenvalue weighted by Gasteiger charge is 2.25. The monoisotopic (exact) mass is 304 g/mol. The van der Waals surface area contributed by atoms with Gasteiger partial charge >= 0.3 is 5.97 Å². The quantitative estimate of drug-likeness (QED) is 0.850. The molecule has 5 nitrogen and oxygen atoms in total. The van der Waals surface area contributed by atoms with Crippen LogP contribution in [0, 0.1) is 0 Å². The van der Waals surface area contributed by atoms with E-state index in [4.69, 9.17) is 4.74 Å². The number of para-hydroxylation sites is 1. The van der Waals surface area contributed by atoms with E-state index in [1.807, 2.05) is 11.0 Å². The van der Waals surface area contributed by atoms with Gasteiger partial charge in [-0.15, -0.1) is 0 Å². The SMILES string of the molecule is CCC1CCCCN1C(=O)CNc1ccccc1C(=O)OC. The van der Waals surface area contributed by atoms with Gasteiger partial charge in [0.25, 0.3) is 0 Å². The number of likely N-dealkylation sites (tertiary alicyclic amines) is 1. The number of hydrogen-bond acceptors (Lipinski definition) is 4. The number of nitrogens with zero attached hydrogens (tertiary/aromatic N) is 1. The van der Waals surface area contributed by atoms with E-state index in [0.29, 0.717) is 17.3 Å². The van der Waals surface area contributed by atoms with E-state index in [2.05, 4.69) is 12.2 Å². The maximum atomic E-state index is 12.4. The number of methoxy groups -OCH3 is 1. The molecule has 2 rings (SSSR count). The van der Waals surface area contributed by atoms with E-state index < -0.39 is 5.97 Å². The van der Waals surface area contributed by atoms with Gasteiger partial charge in [0.1, 0.15) is 0 Å². The highest BCUT2D eigenvalue weighted by atomic mass is 16.5. The van der Waals surface area contributed by atoms with Gasteiger partial charge in [0.05, 0.1) is 19.2 Å². The number of carbonyl (C=O) groups excluding carboxylic acids is 2. The van der Waals surface area contributed by atoms with E-state index in [1.165, 1.54) is 13.5 Å². The minimum Gasteiger partial charge on any atom is -0.465 e. The molecule has 0 aromatic heterocycles. The van der Waals surface area contributed by atoms with Crippen molar-refractivity contribution in [2.45, 2.75) is 38.6 Å². The summed E-state index contributed by atoms with van der Waals surface area (Å²) in [5, 5.41) is 3.08. The number of nitrogens with one attached hydrogen (secondary N) is 1. The zero-order valence-corrected chi connectivity index (χ0v) is 13.3. The van der Waals surface area contributed by atoms with Gasteiger partial charge in [0, 0.05) is 18.3 Å². The molecule has 1 saturated heterocycles. The van der Waals surface area contributed by atoms with Crippen molar-refractivity contribution >= 4 is 17.6 Å². The fourth-order valence-electron chi connectivity index (χ4n) is 2.95. The number of hydrogen-bond donors (Lipinski definition) is 1. The van der Waals surface area contributed by atoms with E-state index in [0.717, 1.165) is 25.8 Å². The first kappa shape index (κ1) is 16.3. The van der Waals surface area contributed by atoms with Crippen LogP contribution in [-0.2, 0) is 9.53 Å². The van der Waals surface area contributed by atoms with Crippen LogP contribution in [0.4, 0.5) is 5.69 Å². The molecular weight excluding hydrogens is 280 g/mol. The molecule has 1 N–H and O–H groups in total. The van der Waals surface area contributed by atoms with Crippen LogP contribution < -0.4 is 5.32 Å². The van der Waals surface area contributed by atoms with Crippen LogP contribution >= 0.6 is 0 Å². The zero-order valence-electron chi connectivity index (χ0n) is 13.3. The highest BCUT2D eigenvalue weighted by Crippen LogP contribution is 2.20. The van der Waals surface area contributed by atoms with Crippen LogP contribution in [0.2, 0.25) is 0 Å². The van der Waals surface area contributed by atoms with Crippen molar-refractivity contribution in [1.29, 1.82) is 0 Å². The molecule has 0 spiro atoms. The number of carbonyl (C=O) groups is 2. The third-order valence-electron chi connectivity index (χ3n) is 4.18. The second-order valence-corrected chi connectivity index (χ2v) is 5.54. The van der Waals surface area contributed by atoms with Crippen molar-refractivity contribution in [3.8, 4) is 0 Å². The van der Waals surface area contributed by atoms with Gasteiger partial charge in [-0.25, -0.2) is 4.79 Å². The maximum Gasteiger partial charge on any atom is 0.339 e. The standard InChI is InChI=1S/C17H24N2O3/c1-3-13-8-6-7-11-19(13)16(20)12-18-15-10-5-4-9-14(15)17(21)22-2/h4-5,9-10,13,18H,3,6-8,11-12H2,1-2H3. The lowest BCUT2D eigenvalue weighted by Gasteiger charge is -2.35. The van der Waals surface area contributed by atoms with Crippen molar-refractivity contribution in [3.63, 3.8) is 0 Å². The summed E-state index contributed by atoms with van der Waals surface area (Å²) < 4.78 is 4.76. The maximum absolute atomic E-state index is 12.4. The molecule has 0 saturated carbocycles. The minimum absolute atomic E-state index is 0.0891. The van der Waals surface area contributed by atoms with E-state index >= 15 is 0 Å². The fourth-order valence-corrected chi connectivity index (χ4v) is 2.95. The Labute approximate surface area is 131 Å². The van der Waals surface area contributed by atoms with Crippen molar-refractivity contribution in [2.24, 2.45) is 0 Å². The number of benzene rings is 1. The summed E-state index contributed by atoms with van der Waals surface area (Å²) >= 11 is 0. The Morgan fingerprint density at radius 1 is 1.32 bits per heavy atom. The molecule has 1 aromatic rings. The molecule has 1 fully saturated rings. The van der Waals surface area contributed by atoms with Crippen LogP contribution in [0.15, 0.2) is 24.3 Å². The smallest absolute Gasteiger partial charge is 0.339 e. The molecule has 1 heterocycles. The van der Waals surface area contributed by atoms with Crippen LogP contribution in [-0.4, -0.2) is 43.0 Å². The van der Waals surface area contributed by atoms with Crippen LogP contribution in [0.5, 0.6) is 0 Å². The predicted octanol–water partition coefficient (Wildman–Crippen LogP) is 2.68. The second-order valence-electron chi connectivity index (χ2n) is 5.54. The Kier molecular flexibility index (Phi) is 5.81. The predicted molar refractivity (Wildman–Crippen MR) is 85.9 cm³/mol. The van der Waals surface area contributed by atoms with Crippen LogP contribution in [0.1, 0.15) is 43.0 Å². The summed E-state index contributed by atoms with van der Waals surface area (Å²) in [6.07, 6.45) is 4.34. The summed E-state index contributed by atoms with van der Waals surface area (Å²) in [6.45, 7) is 3.15. The first-order valence-electron chi connectivity index (χ1n) is 7.88. The largest absolute Gasteiger partial charge is 0.465 e. The molecule has 22 heavy (non-hydrogen) atoms. The van der Waals surface area contributed by atoms with E-state index in [1.54, 1.807) is 18.2 Å². The van der Waals surface area contributed by atoms with E-state index in [-0.39, 0.29) is 12.5 Å². The molecule has 1 aliphatic rings. The van der Waals surface area contributed by atoms with Gasteiger partial charge in [-0.3, -0.25) is 4.79 Å². The zero-order chi connectivity index (χ0) is 15.9. The Morgan fingerprint density at radius 2 is 2.09 bits per heavy atom. The second kappa shape index (κ2) is 7.82. The molecule has 1 unspecified atom stereocenters. The lowest BCUT2D eigenvalue weighted by atomic mass is 10.00. The summed E-state index contributed by atoms with van der Waals surface area (Å²) in [5.74, 6) is -0.314. The third kappa shape index (κ3) is 3.78. The Balaban J connectivity index is 2.00. The van der Waals surface area contributed by atoms with Gasteiger partial charge in [-0.1, -0.05) is 19.1 Å². The number of rotatable bonds is 5. The Bertz CT molecular complexity index is 530. The molecule has 1 atom stereocenters. The third-order valence-corrected chi connectivity index (χ3v) is 4.18. The Morgan fingerprint density at radius 3 is 2.82 bits per heavy atom. The van der Waals surface area contributed by atoms with Gasteiger partial charge in [0.15, 0.2) is 0 Å². The molecule has 1 aliphatic heterocycles. The topological polar surface area (TPSA) is 58.6 Å². The molecule has 1 amide bonds. The van der Waals surface area contributed by atoms with Gasteiger partial charge in [-0.2, -0.15) is 0 Å². The van der Waals surface area contributed by atoms with Gasteiger partial charge in [0.2, 0.25) is 5.91 Å².